The number of likely N-dealkylation sites (tertiary alicyclic amines) is 1. The molecule has 2 heterocycles. The Labute approximate surface area is 193 Å². The number of piperidine rings is 1. The number of rotatable bonds is 4. The van der Waals surface area contributed by atoms with Gasteiger partial charge in [0.25, 0.3) is 10.0 Å². The first-order valence-electron chi connectivity index (χ1n) is 10.6. The molecule has 0 radical (unpaired) electrons. The van der Waals surface area contributed by atoms with E-state index in [1.807, 2.05) is 4.90 Å². The van der Waals surface area contributed by atoms with Crippen molar-refractivity contribution in [3.63, 3.8) is 0 Å². The molecule has 1 N–H and O–H groups in total. The molecular weight excluding hydrogens is 440 g/mol. The van der Waals surface area contributed by atoms with E-state index in [0.29, 0.717) is 48.6 Å². The molecule has 2 aliphatic rings. The molecule has 0 bridgehead atoms. The lowest BCUT2D eigenvalue weighted by Gasteiger charge is -2.36. The Morgan fingerprint density at radius 3 is 2.79 bits per heavy atom. The number of hydrogen-bond donors (Lipinski definition) is 1. The number of likely N-dealkylation sites (N-methyl/N-ethyl adjacent to an activating group) is 1. The van der Waals surface area contributed by atoms with E-state index in [9.17, 15) is 18.0 Å². The lowest BCUT2D eigenvalue weighted by molar-refractivity contribution is -0.126. The SMILES string of the molecule is C#Cc1cccc(N(CC(=O)NC)C(=O)C2CCCN(C3=NS(=O)(=O)c4ccccc43)C2)c1. The summed E-state index contributed by atoms with van der Waals surface area (Å²) < 4.78 is 29.0. The van der Waals surface area contributed by atoms with Gasteiger partial charge in [-0.15, -0.1) is 10.8 Å². The van der Waals surface area contributed by atoms with Crippen molar-refractivity contribution in [1.29, 1.82) is 0 Å². The summed E-state index contributed by atoms with van der Waals surface area (Å²) in [5, 5.41) is 2.56. The number of sulfonamides is 1. The standard InChI is InChI=1S/C24H24N4O4S/c1-3-17-8-6-10-19(14-17)28(16-22(29)25-2)24(30)18-9-7-13-27(15-18)23-20-11-4-5-12-21(20)33(31,32)26-23/h1,4-6,8,10-12,14,18H,7,9,13,15-16H2,2H3,(H,25,29). The molecule has 33 heavy (non-hydrogen) atoms. The van der Waals surface area contributed by atoms with Crippen molar-refractivity contribution in [3.8, 4) is 12.3 Å². The molecule has 0 spiro atoms. The maximum atomic E-state index is 13.6. The second-order valence-corrected chi connectivity index (χ2v) is 9.54. The fourth-order valence-electron chi connectivity index (χ4n) is 4.19. The molecule has 2 aliphatic heterocycles. The molecule has 4 rings (SSSR count). The average molecular weight is 465 g/mol. The molecule has 2 aromatic carbocycles. The number of anilines is 1. The van der Waals surface area contributed by atoms with Crippen LogP contribution in [0.15, 0.2) is 57.8 Å². The van der Waals surface area contributed by atoms with Crippen LogP contribution in [0.4, 0.5) is 5.69 Å². The summed E-state index contributed by atoms with van der Waals surface area (Å²) in [5.41, 5.74) is 1.70. The van der Waals surface area contributed by atoms with Gasteiger partial charge in [-0.3, -0.25) is 9.59 Å². The van der Waals surface area contributed by atoms with E-state index in [4.69, 9.17) is 6.42 Å². The van der Waals surface area contributed by atoms with Crippen LogP contribution in [0.2, 0.25) is 0 Å². The highest BCUT2D eigenvalue weighted by atomic mass is 32.2. The molecule has 0 saturated carbocycles. The molecule has 8 nitrogen and oxygen atoms in total. The van der Waals surface area contributed by atoms with Crippen molar-refractivity contribution >= 4 is 33.4 Å². The van der Waals surface area contributed by atoms with Gasteiger partial charge in [0.2, 0.25) is 11.8 Å². The molecule has 2 aromatic rings. The quantitative estimate of drug-likeness (QED) is 0.693. The van der Waals surface area contributed by atoms with E-state index in [1.54, 1.807) is 42.5 Å². The highest BCUT2D eigenvalue weighted by Crippen LogP contribution is 2.30. The molecule has 0 aliphatic carbocycles. The van der Waals surface area contributed by atoms with Crippen LogP contribution in [0.3, 0.4) is 0 Å². The highest BCUT2D eigenvalue weighted by Gasteiger charge is 2.36. The fourth-order valence-corrected chi connectivity index (χ4v) is 5.42. The van der Waals surface area contributed by atoms with Crippen LogP contribution in [-0.4, -0.2) is 57.6 Å². The number of terminal acetylenes is 1. The first kappa shape index (κ1) is 22.6. The number of carbonyl (C=O) groups is 2. The topological polar surface area (TPSA) is 99.2 Å². The fraction of sp³-hybridized carbons (Fsp3) is 0.292. The number of carbonyl (C=O) groups excluding carboxylic acids is 2. The van der Waals surface area contributed by atoms with Gasteiger partial charge in [-0.1, -0.05) is 24.1 Å². The maximum Gasteiger partial charge on any atom is 0.285 e. The number of nitrogens with zero attached hydrogens (tertiary/aromatic N) is 3. The first-order valence-corrected chi connectivity index (χ1v) is 12.1. The van der Waals surface area contributed by atoms with E-state index in [1.165, 1.54) is 18.0 Å². The predicted octanol–water partition coefficient (Wildman–Crippen LogP) is 1.61. The van der Waals surface area contributed by atoms with Gasteiger partial charge in [0.15, 0.2) is 5.84 Å². The Morgan fingerprint density at radius 1 is 1.24 bits per heavy atom. The van der Waals surface area contributed by atoms with Gasteiger partial charge in [0.05, 0.1) is 5.92 Å². The molecule has 1 fully saturated rings. The third-order valence-corrected chi connectivity index (χ3v) is 7.18. The van der Waals surface area contributed by atoms with Crippen LogP contribution >= 0.6 is 0 Å². The van der Waals surface area contributed by atoms with Gasteiger partial charge in [0, 0.05) is 37.0 Å². The van der Waals surface area contributed by atoms with Crippen LogP contribution in [0.5, 0.6) is 0 Å². The summed E-state index contributed by atoms with van der Waals surface area (Å²) >= 11 is 0. The van der Waals surface area contributed by atoms with Crippen molar-refractivity contribution in [2.24, 2.45) is 10.3 Å². The van der Waals surface area contributed by atoms with Gasteiger partial charge in [-0.05, 0) is 43.2 Å². The second kappa shape index (κ2) is 9.08. The Morgan fingerprint density at radius 2 is 2.03 bits per heavy atom. The predicted molar refractivity (Wildman–Crippen MR) is 125 cm³/mol. The number of hydrogen-bond acceptors (Lipinski definition) is 5. The zero-order valence-corrected chi connectivity index (χ0v) is 19.0. The van der Waals surface area contributed by atoms with Crippen molar-refractivity contribution < 1.29 is 18.0 Å². The van der Waals surface area contributed by atoms with E-state index >= 15 is 0 Å². The Bertz CT molecular complexity index is 1280. The maximum absolute atomic E-state index is 13.6. The summed E-state index contributed by atoms with van der Waals surface area (Å²) in [6, 6.07) is 13.6. The number of nitrogens with one attached hydrogen (secondary N) is 1. The summed E-state index contributed by atoms with van der Waals surface area (Å²) in [7, 11) is -2.23. The minimum absolute atomic E-state index is 0.141. The zero-order valence-electron chi connectivity index (χ0n) is 18.2. The Hall–Kier alpha value is -3.64. The van der Waals surface area contributed by atoms with E-state index in [0.717, 1.165) is 0 Å². The normalized spacial score (nSPS) is 18.6. The van der Waals surface area contributed by atoms with Gasteiger partial charge >= 0.3 is 0 Å². The number of benzene rings is 2. The largest absolute Gasteiger partial charge is 0.358 e. The molecule has 170 valence electrons. The Balaban J connectivity index is 1.62. The van der Waals surface area contributed by atoms with Crippen LogP contribution in [0, 0.1) is 18.3 Å². The third kappa shape index (κ3) is 4.47. The van der Waals surface area contributed by atoms with Crippen LogP contribution in [0.1, 0.15) is 24.0 Å². The minimum atomic E-state index is -3.75. The first-order chi connectivity index (χ1) is 15.8. The molecule has 2 amide bonds. The lowest BCUT2D eigenvalue weighted by Crippen LogP contribution is -2.49. The van der Waals surface area contributed by atoms with Crippen LogP contribution in [-0.2, 0) is 19.6 Å². The Kier molecular flexibility index (Phi) is 6.20. The van der Waals surface area contributed by atoms with Crippen molar-refractivity contribution in [1.82, 2.24) is 10.2 Å². The number of amidine groups is 1. The van der Waals surface area contributed by atoms with E-state index < -0.39 is 15.9 Å². The summed E-state index contributed by atoms with van der Waals surface area (Å²) in [6.07, 6.45) is 6.82. The lowest BCUT2D eigenvalue weighted by atomic mass is 9.95. The molecule has 1 unspecified atom stereocenters. The van der Waals surface area contributed by atoms with E-state index in [2.05, 4.69) is 15.6 Å². The number of fused-ring (bicyclic) bond motifs is 1. The molecule has 9 heteroatoms. The van der Waals surface area contributed by atoms with Crippen molar-refractivity contribution in [3.05, 3.63) is 59.7 Å². The zero-order chi connectivity index (χ0) is 23.6. The van der Waals surface area contributed by atoms with Crippen LogP contribution < -0.4 is 10.2 Å². The van der Waals surface area contributed by atoms with Gasteiger partial charge in [-0.2, -0.15) is 8.42 Å². The smallest absolute Gasteiger partial charge is 0.285 e. The van der Waals surface area contributed by atoms with Gasteiger partial charge in [-0.25, -0.2) is 0 Å². The van der Waals surface area contributed by atoms with Crippen LogP contribution in [0.25, 0.3) is 0 Å². The van der Waals surface area contributed by atoms with Gasteiger partial charge < -0.3 is 15.1 Å². The third-order valence-electron chi connectivity index (χ3n) is 5.85. The van der Waals surface area contributed by atoms with Crippen molar-refractivity contribution in [2.45, 2.75) is 17.7 Å². The van der Waals surface area contributed by atoms with Gasteiger partial charge in [0.1, 0.15) is 11.4 Å². The monoisotopic (exact) mass is 464 g/mol. The minimum Gasteiger partial charge on any atom is -0.358 e. The highest BCUT2D eigenvalue weighted by molar-refractivity contribution is 7.90. The summed E-state index contributed by atoms with van der Waals surface area (Å²) in [6.45, 7) is 0.757. The molecule has 0 aromatic heterocycles. The number of amides is 2. The molecule has 1 atom stereocenters. The summed E-state index contributed by atoms with van der Waals surface area (Å²) in [4.78, 5) is 29.2. The average Bonchev–Trinajstić information content (AvgIpc) is 3.13. The van der Waals surface area contributed by atoms with E-state index in [-0.39, 0.29) is 23.3 Å². The summed E-state index contributed by atoms with van der Waals surface area (Å²) in [5.74, 6) is 1.97. The second-order valence-electron chi connectivity index (χ2n) is 7.96. The van der Waals surface area contributed by atoms with Crippen molar-refractivity contribution in [2.75, 3.05) is 31.6 Å². The molecular formula is C24H24N4O4S. The molecule has 1 saturated heterocycles.